The molecule has 1 N–H and O–H groups in total. The number of piperazine rings is 1. The third kappa shape index (κ3) is 3.88. The molecule has 0 bridgehead atoms. The molecule has 1 saturated heterocycles. The van der Waals surface area contributed by atoms with Crippen LogP contribution in [0.2, 0.25) is 0 Å². The molecule has 1 unspecified atom stereocenters. The van der Waals surface area contributed by atoms with E-state index in [2.05, 4.69) is 26.3 Å². The van der Waals surface area contributed by atoms with Crippen LogP contribution in [-0.2, 0) is 11.3 Å². The van der Waals surface area contributed by atoms with Gasteiger partial charge in [0.05, 0.1) is 18.1 Å². The summed E-state index contributed by atoms with van der Waals surface area (Å²) >= 11 is 0. The highest BCUT2D eigenvalue weighted by atomic mass is 16.6. The number of benzene rings is 1. The third-order valence-corrected chi connectivity index (χ3v) is 5.03. The number of carbonyl (C=O) groups is 1. The van der Waals surface area contributed by atoms with Gasteiger partial charge in [-0.2, -0.15) is 0 Å². The SMILES string of the molecule is CC(C)(C)OC(=O)N1CCN2C(NCc3ccnc4ccccc34)=NCC2C1. The first-order valence-corrected chi connectivity index (χ1v) is 9.76. The van der Waals surface area contributed by atoms with Crippen LogP contribution in [0.1, 0.15) is 26.3 Å². The van der Waals surface area contributed by atoms with Crippen LogP contribution in [0.3, 0.4) is 0 Å². The predicted molar refractivity (Wildman–Crippen MR) is 109 cm³/mol. The first-order chi connectivity index (χ1) is 13.4. The number of nitrogens with zero attached hydrogens (tertiary/aromatic N) is 4. The Hall–Kier alpha value is -2.83. The number of aromatic nitrogens is 1. The van der Waals surface area contributed by atoms with E-state index in [1.807, 2.05) is 51.2 Å². The zero-order valence-corrected chi connectivity index (χ0v) is 16.7. The van der Waals surface area contributed by atoms with Crippen LogP contribution >= 0.6 is 0 Å². The summed E-state index contributed by atoms with van der Waals surface area (Å²) in [5.41, 5.74) is 1.73. The maximum absolute atomic E-state index is 12.3. The monoisotopic (exact) mass is 381 g/mol. The zero-order chi connectivity index (χ0) is 19.7. The van der Waals surface area contributed by atoms with E-state index in [-0.39, 0.29) is 12.1 Å². The number of hydrogen-bond acceptors (Lipinski definition) is 6. The van der Waals surface area contributed by atoms with Gasteiger partial charge in [-0.05, 0) is 38.5 Å². The summed E-state index contributed by atoms with van der Waals surface area (Å²) in [4.78, 5) is 25.5. The molecule has 0 spiro atoms. The Morgan fingerprint density at radius 2 is 2.07 bits per heavy atom. The van der Waals surface area contributed by atoms with Crippen molar-refractivity contribution in [1.29, 1.82) is 0 Å². The lowest BCUT2D eigenvalue weighted by Gasteiger charge is -2.39. The maximum Gasteiger partial charge on any atom is 0.410 e. The Kier molecular flexibility index (Phi) is 4.83. The molecule has 1 aromatic carbocycles. The standard InChI is InChI=1S/C21H27N5O2/c1-21(2,3)28-20(27)25-10-11-26-16(14-25)13-24-19(26)23-12-15-8-9-22-18-7-5-4-6-17(15)18/h4-9,16H,10-14H2,1-3H3,(H,23,24). The molecule has 1 amide bonds. The van der Waals surface area contributed by atoms with Crippen LogP contribution in [0.5, 0.6) is 0 Å². The lowest BCUT2D eigenvalue weighted by molar-refractivity contribution is 0.0137. The third-order valence-electron chi connectivity index (χ3n) is 5.03. The maximum atomic E-state index is 12.3. The van der Waals surface area contributed by atoms with Gasteiger partial charge in [-0.15, -0.1) is 0 Å². The van der Waals surface area contributed by atoms with Crippen LogP contribution < -0.4 is 5.32 Å². The number of aliphatic imine (C=N–C) groups is 1. The molecule has 0 saturated carbocycles. The van der Waals surface area contributed by atoms with E-state index in [1.165, 1.54) is 5.56 Å². The van der Waals surface area contributed by atoms with Crippen LogP contribution in [0, 0.1) is 0 Å². The number of guanidine groups is 1. The number of para-hydroxylation sites is 1. The van der Waals surface area contributed by atoms with Crippen LogP contribution in [0.4, 0.5) is 4.79 Å². The Labute approximate surface area is 165 Å². The summed E-state index contributed by atoms with van der Waals surface area (Å²) in [5, 5.41) is 4.64. The molecule has 7 heteroatoms. The van der Waals surface area contributed by atoms with E-state index >= 15 is 0 Å². The summed E-state index contributed by atoms with van der Waals surface area (Å²) in [5.74, 6) is 0.912. The highest BCUT2D eigenvalue weighted by Gasteiger charge is 2.36. The number of fused-ring (bicyclic) bond motifs is 2. The minimum absolute atomic E-state index is 0.206. The Bertz CT molecular complexity index is 900. The quantitative estimate of drug-likeness (QED) is 0.866. The van der Waals surface area contributed by atoms with Crippen LogP contribution in [-0.4, -0.2) is 64.7 Å². The molecule has 3 heterocycles. The molecule has 1 fully saturated rings. The molecule has 2 aromatic rings. The Morgan fingerprint density at radius 3 is 2.89 bits per heavy atom. The number of ether oxygens (including phenoxy) is 1. The molecule has 2 aliphatic heterocycles. The van der Waals surface area contributed by atoms with E-state index < -0.39 is 5.60 Å². The fourth-order valence-electron chi connectivity index (χ4n) is 3.71. The van der Waals surface area contributed by atoms with Gasteiger partial charge in [-0.3, -0.25) is 9.98 Å². The molecule has 0 aliphatic carbocycles. The summed E-state index contributed by atoms with van der Waals surface area (Å²) < 4.78 is 5.51. The first-order valence-electron chi connectivity index (χ1n) is 9.76. The van der Waals surface area contributed by atoms with Gasteiger partial charge < -0.3 is 19.9 Å². The van der Waals surface area contributed by atoms with Gasteiger partial charge in [0, 0.05) is 37.8 Å². The minimum atomic E-state index is -0.472. The molecule has 0 radical (unpaired) electrons. The number of amides is 1. The summed E-state index contributed by atoms with van der Waals surface area (Å²) in [7, 11) is 0. The van der Waals surface area contributed by atoms with Crippen molar-refractivity contribution in [3.05, 3.63) is 42.1 Å². The fourth-order valence-corrected chi connectivity index (χ4v) is 3.71. The number of nitrogens with one attached hydrogen (secondary N) is 1. The first kappa shape index (κ1) is 18.5. The van der Waals surface area contributed by atoms with Gasteiger partial charge >= 0.3 is 6.09 Å². The van der Waals surface area contributed by atoms with Crippen molar-refractivity contribution in [1.82, 2.24) is 20.1 Å². The number of rotatable bonds is 2. The highest BCUT2D eigenvalue weighted by molar-refractivity contribution is 5.85. The molecule has 1 atom stereocenters. The lowest BCUT2D eigenvalue weighted by atomic mass is 10.1. The Morgan fingerprint density at radius 1 is 1.25 bits per heavy atom. The second kappa shape index (κ2) is 7.30. The van der Waals surface area contributed by atoms with Gasteiger partial charge in [-0.1, -0.05) is 18.2 Å². The lowest BCUT2D eigenvalue weighted by Crippen LogP contribution is -2.57. The van der Waals surface area contributed by atoms with E-state index in [1.54, 1.807) is 4.90 Å². The minimum Gasteiger partial charge on any atom is -0.444 e. The normalized spacial score (nSPS) is 19.4. The largest absolute Gasteiger partial charge is 0.444 e. The smallest absolute Gasteiger partial charge is 0.410 e. The van der Waals surface area contributed by atoms with Crippen molar-refractivity contribution in [3.63, 3.8) is 0 Å². The number of pyridine rings is 1. The van der Waals surface area contributed by atoms with Crippen LogP contribution in [0.25, 0.3) is 10.9 Å². The predicted octanol–water partition coefficient (Wildman–Crippen LogP) is 2.62. The van der Waals surface area contributed by atoms with E-state index in [0.717, 1.165) is 23.4 Å². The van der Waals surface area contributed by atoms with Crippen molar-refractivity contribution in [2.24, 2.45) is 4.99 Å². The van der Waals surface area contributed by atoms with Crippen molar-refractivity contribution in [2.75, 3.05) is 26.2 Å². The average Bonchev–Trinajstić information content (AvgIpc) is 3.07. The molecule has 28 heavy (non-hydrogen) atoms. The molecule has 7 nitrogen and oxygen atoms in total. The van der Waals surface area contributed by atoms with Crippen molar-refractivity contribution >= 4 is 23.0 Å². The Balaban J connectivity index is 1.37. The van der Waals surface area contributed by atoms with Gasteiger partial charge in [0.25, 0.3) is 0 Å². The molecule has 148 valence electrons. The van der Waals surface area contributed by atoms with Gasteiger partial charge in [0.2, 0.25) is 0 Å². The van der Waals surface area contributed by atoms with Gasteiger partial charge in [0.1, 0.15) is 5.60 Å². The topological polar surface area (TPSA) is 70.1 Å². The molecule has 2 aliphatic rings. The van der Waals surface area contributed by atoms with Gasteiger partial charge in [0.15, 0.2) is 5.96 Å². The van der Waals surface area contributed by atoms with E-state index in [0.29, 0.717) is 26.2 Å². The van der Waals surface area contributed by atoms with Crippen LogP contribution in [0.15, 0.2) is 41.5 Å². The second-order valence-corrected chi connectivity index (χ2v) is 8.28. The summed E-state index contributed by atoms with van der Waals surface area (Å²) in [6.45, 7) is 9.11. The summed E-state index contributed by atoms with van der Waals surface area (Å²) in [6.07, 6.45) is 1.61. The van der Waals surface area contributed by atoms with Crippen molar-refractivity contribution < 1.29 is 9.53 Å². The number of hydrogen-bond donors (Lipinski definition) is 1. The molecular weight excluding hydrogens is 354 g/mol. The van der Waals surface area contributed by atoms with Crippen molar-refractivity contribution in [3.8, 4) is 0 Å². The van der Waals surface area contributed by atoms with E-state index in [9.17, 15) is 4.79 Å². The highest BCUT2D eigenvalue weighted by Crippen LogP contribution is 2.20. The van der Waals surface area contributed by atoms with E-state index in [4.69, 9.17) is 4.74 Å². The second-order valence-electron chi connectivity index (χ2n) is 8.28. The molecule has 4 rings (SSSR count). The molecular formula is C21H27N5O2. The van der Waals surface area contributed by atoms with Gasteiger partial charge in [-0.25, -0.2) is 4.79 Å². The average molecular weight is 381 g/mol. The zero-order valence-electron chi connectivity index (χ0n) is 16.7. The summed E-state index contributed by atoms with van der Waals surface area (Å²) in [6, 6.07) is 10.4. The van der Waals surface area contributed by atoms with Crippen molar-refractivity contribution in [2.45, 2.75) is 39.0 Å². The fraction of sp³-hybridized carbons (Fsp3) is 0.476. The number of carbonyl (C=O) groups excluding carboxylic acids is 1. The molecule has 1 aromatic heterocycles.